The highest BCUT2D eigenvalue weighted by Gasteiger charge is 2.41. The van der Waals surface area contributed by atoms with Crippen LogP contribution in [0.5, 0.6) is 0 Å². The van der Waals surface area contributed by atoms with Crippen LogP contribution in [0.1, 0.15) is 36.0 Å². The minimum atomic E-state index is -0.843. The van der Waals surface area contributed by atoms with Crippen LogP contribution in [0.3, 0.4) is 0 Å². The van der Waals surface area contributed by atoms with Gasteiger partial charge in [-0.3, -0.25) is 9.59 Å². The molecule has 4 nitrogen and oxygen atoms in total. The number of amides is 1. The van der Waals surface area contributed by atoms with Gasteiger partial charge in [0.1, 0.15) is 0 Å². The molecule has 2 rings (SSSR count). The first-order valence-corrected chi connectivity index (χ1v) is 7.17. The van der Waals surface area contributed by atoms with Gasteiger partial charge in [-0.15, -0.1) is 0 Å². The second kappa shape index (κ2) is 6.02. The molecule has 1 aliphatic carbocycles. The summed E-state index contributed by atoms with van der Waals surface area (Å²) in [5, 5.41) is 12.7. The highest BCUT2D eigenvalue weighted by Crippen LogP contribution is 2.37. The smallest absolute Gasteiger partial charge is 0.311 e. The van der Waals surface area contributed by atoms with Crippen molar-refractivity contribution in [2.45, 2.75) is 25.7 Å². The lowest BCUT2D eigenvalue weighted by Crippen LogP contribution is -2.41. The monoisotopic (exact) mass is 315 g/mol. The molecule has 1 aliphatic rings. The van der Waals surface area contributed by atoms with Crippen LogP contribution in [0.4, 0.5) is 0 Å². The van der Waals surface area contributed by atoms with E-state index in [0.717, 1.165) is 12.8 Å². The molecule has 0 spiro atoms. The Balaban J connectivity index is 2.04. The molecular weight excluding hydrogens is 301 g/mol. The number of carboxylic acid groups (broad SMARTS) is 1. The molecule has 0 bridgehead atoms. The Kier molecular flexibility index (Phi) is 4.55. The minimum absolute atomic E-state index is 0.140. The SMILES string of the molecule is O=C(NCC1(C(=O)O)CCCC1)c1ccc(Cl)c(Cl)c1. The van der Waals surface area contributed by atoms with Gasteiger partial charge < -0.3 is 10.4 Å². The molecule has 0 aromatic heterocycles. The van der Waals surface area contributed by atoms with E-state index < -0.39 is 11.4 Å². The number of carboxylic acids is 1. The fourth-order valence-corrected chi connectivity index (χ4v) is 2.81. The van der Waals surface area contributed by atoms with Crippen molar-refractivity contribution < 1.29 is 14.7 Å². The molecule has 0 unspecified atom stereocenters. The fraction of sp³-hybridized carbons (Fsp3) is 0.429. The van der Waals surface area contributed by atoms with Gasteiger partial charge in [0.2, 0.25) is 0 Å². The lowest BCUT2D eigenvalue weighted by atomic mass is 9.86. The molecule has 1 aromatic carbocycles. The predicted octanol–water partition coefficient (Wildman–Crippen LogP) is 3.37. The number of aliphatic carboxylic acids is 1. The molecule has 1 saturated carbocycles. The van der Waals surface area contributed by atoms with Crippen LogP contribution < -0.4 is 5.32 Å². The van der Waals surface area contributed by atoms with E-state index in [9.17, 15) is 14.7 Å². The van der Waals surface area contributed by atoms with Gasteiger partial charge in [0.15, 0.2) is 0 Å². The molecular formula is C14H15Cl2NO3. The average molecular weight is 316 g/mol. The van der Waals surface area contributed by atoms with Crippen molar-refractivity contribution in [3.63, 3.8) is 0 Å². The summed E-state index contributed by atoms with van der Waals surface area (Å²) in [6, 6.07) is 4.58. The van der Waals surface area contributed by atoms with Gasteiger partial charge >= 0.3 is 5.97 Å². The van der Waals surface area contributed by atoms with Crippen molar-refractivity contribution >= 4 is 35.1 Å². The number of carbonyl (C=O) groups excluding carboxylic acids is 1. The van der Waals surface area contributed by atoms with Gasteiger partial charge in [0.25, 0.3) is 5.91 Å². The summed E-state index contributed by atoms with van der Waals surface area (Å²) in [4.78, 5) is 23.4. The van der Waals surface area contributed by atoms with E-state index >= 15 is 0 Å². The average Bonchev–Trinajstić information content (AvgIpc) is 2.89. The second-order valence-electron chi connectivity index (χ2n) is 5.10. The molecule has 0 heterocycles. The number of hydrogen-bond donors (Lipinski definition) is 2. The third-order valence-electron chi connectivity index (χ3n) is 3.78. The van der Waals surface area contributed by atoms with Gasteiger partial charge in [-0.1, -0.05) is 36.0 Å². The van der Waals surface area contributed by atoms with Crippen LogP contribution in [0, 0.1) is 5.41 Å². The van der Waals surface area contributed by atoms with E-state index in [1.807, 2.05) is 0 Å². The maximum absolute atomic E-state index is 12.0. The molecule has 20 heavy (non-hydrogen) atoms. The maximum atomic E-state index is 12.0. The molecule has 2 N–H and O–H groups in total. The highest BCUT2D eigenvalue weighted by molar-refractivity contribution is 6.42. The molecule has 0 atom stereocenters. The molecule has 0 radical (unpaired) electrons. The van der Waals surface area contributed by atoms with E-state index in [1.165, 1.54) is 6.07 Å². The van der Waals surface area contributed by atoms with Crippen LogP contribution in [0.25, 0.3) is 0 Å². The van der Waals surface area contributed by atoms with Gasteiger partial charge in [0, 0.05) is 12.1 Å². The number of nitrogens with one attached hydrogen (secondary N) is 1. The second-order valence-corrected chi connectivity index (χ2v) is 5.92. The zero-order chi connectivity index (χ0) is 14.8. The van der Waals surface area contributed by atoms with Crippen LogP contribution >= 0.6 is 23.2 Å². The van der Waals surface area contributed by atoms with Crippen molar-refractivity contribution in [2.75, 3.05) is 6.54 Å². The highest BCUT2D eigenvalue weighted by atomic mass is 35.5. The first-order valence-electron chi connectivity index (χ1n) is 6.41. The molecule has 1 amide bonds. The zero-order valence-corrected chi connectivity index (χ0v) is 12.3. The van der Waals surface area contributed by atoms with Crippen molar-refractivity contribution in [3.05, 3.63) is 33.8 Å². The normalized spacial score (nSPS) is 16.9. The number of rotatable bonds is 4. The number of carbonyl (C=O) groups is 2. The van der Waals surface area contributed by atoms with Gasteiger partial charge in [0.05, 0.1) is 15.5 Å². The van der Waals surface area contributed by atoms with Crippen molar-refractivity contribution in [2.24, 2.45) is 5.41 Å². The summed E-state index contributed by atoms with van der Waals surface area (Å²) in [6.45, 7) is 0.140. The molecule has 1 aromatic rings. The van der Waals surface area contributed by atoms with Gasteiger partial charge in [-0.2, -0.15) is 0 Å². The third kappa shape index (κ3) is 3.07. The number of benzene rings is 1. The summed E-state index contributed by atoms with van der Waals surface area (Å²) in [7, 11) is 0. The van der Waals surface area contributed by atoms with Crippen molar-refractivity contribution in [1.82, 2.24) is 5.32 Å². The third-order valence-corrected chi connectivity index (χ3v) is 4.52. The van der Waals surface area contributed by atoms with E-state index in [-0.39, 0.29) is 12.5 Å². The van der Waals surface area contributed by atoms with E-state index in [0.29, 0.717) is 28.5 Å². The maximum Gasteiger partial charge on any atom is 0.311 e. The summed E-state index contributed by atoms with van der Waals surface area (Å²) in [5.41, 5.74) is -0.454. The first kappa shape index (κ1) is 15.1. The molecule has 0 saturated heterocycles. The lowest BCUT2D eigenvalue weighted by molar-refractivity contribution is -0.148. The molecule has 0 aliphatic heterocycles. The summed E-state index contributed by atoms with van der Waals surface area (Å²) >= 11 is 11.6. The first-order chi connectivity index (χ1) is 9.44. The van der Waals surface area contributed by atoms with Crippen LogP contribution in [-0.2, 0) is 4.79 Å². The van der Waals surface area contributed by atoms with Crippen LogP contribution in [0.15, 0.2) is 18.2 Å². The molecule has 108 valence electrons. The Labute approximate surface area is 127 Å². The molecule has 1 fully saturated rings. The Morgan fingerprint density at radius 2 is 1.85 bits per heavy atom. The number of hydrogen-bond acceptors (Lipinski definition) is 2. The van der Waals surface area contributed by atoms with Crippen molar-refractivity contribution in [1.29, 1.82) is 0 Å². The quantitative estimate of drug-likeness (QED) is 0.895. The largest absolute Gasteiger partial charge is 0.481 e. The van der Waals surface area contributed by atoms with E-state index in [2.05, 4.69) is 5.32 Å². The van der Waals surface area contributed by atoms with Crippen LogP contribution in [-0.4, -0.2) is 23.5 Å². The standard InChI is InChI=1S/C14H15Cl2NO3/c15-10-4-3-9(7-11(10)16)12(18)17-8-14(13(19)20)5-1-2-6-14/h3-4,7H,1-2,5-6,8H2,(H,17,18)(H,19,20). The predicted molar refractivity (Wildman–Crippen MR) is 77.3 cm³/mol. The minimum Gasteiger partial charge on any atom is -0.481 e. The Morgan fingerprint density at radius 1 is 1.20 bits per heavy atom. The Hall–Kier alpha value is -1.26. The van der Waals surface area contributed by atoms with E-state index in [1.54, 1.807) is 12.1 Å². The van der Waals surface area contributed by atoms with Crippen molar-refractivity contribution in [3.8, 4) is 0 Å². The Morgan fingerprint density at radius 3 is 2.40 bits per heavy atom. The van der Waals surface area contributed by atoms with Gasteiger partial charge in [-0.05, 0) is 31.0 Å². The lowest BCUT2D eigenvalue weighted by Gasteiger charge is -2.24. The number of halogens is 2. The zero-order valence-electron chi connectivity index (χ0n) is 10.8. The summed E-state index contributed by atoms with van der Waals surface area (Å²) < 4.78 is 0. The Bertz CT molecular complexity index is 539. The fourth-order valence-electron chi connectivity index (χ4n) is 2.51. The topological polar surface area (TPSA) is 66.4 Å². The van der Waals surface area contributed by atoms with Gasteiger partial charge in [-0.25, -0.2) is 0 Å². The summed E-state index contributed by atoms with van der Waals surface area (Å²) in [5.74, 6) is -1.18. The van der Waals surface area contributed by atoms with Crippen LogP contribution in [0.2, 0.25) is 10.0 Å². The summed E-state index contributed by atoms with van der Waals surface area (Å²) in [6.07, 6.45) is 2.97. The molecule has 6 heteroatoms. The van der Waals surface area contributed by atoms with E-state index in [4.69, 9.17) is 23.2 Å².